The minimum atomic E-state index is -2.50. The van der Waals surface area contributed by atoms with Crippen LogP contribution in [0.25, 0.3) is 0 Å². The maximum Gasteiger partial charge on any atom is 0.195 e. The maximum atomic E-state index is 14.5. The monoisotopic (exact) mass is 411 g/mol. The lowest BCUT2D eigenvalue weighted by Crippen LogP contribution is -2.50. The van der Waals surface area contributed by atoms with Crippen LogP contribution in [0.3, 0.4) is 0 Å². The Labute approximate surface area is 163 Å². The van der Waals surface area contributed by atoms with E-state index in [-0.39, 0.29) is 24.1 Å². The zero-order valence-electron chi connectivity index (χ0n) is 15.3. The van der Waals surface area contributed by atoms with Gasteiger partial charge in [0.15, 0.2) is 11.5 Å². The van der Waals surface area contributed by atoms with Crippen LogP contribution in [0.2, 0.25) is 0 Å². The minimum Gasteiger partial charge on any atom is -0.385 e. The number of pyridine rings is 1. The number of halogens is 5. The van der Waals surface area contributed by atoms with E-state index in [4.69, 9.17) is 5.73 Å². The largest absolute Gasteiger partial charge is 0.385 e. The van der Waals surface area contributed by atoms with Gasteiger partial charge in [0, 0.05) is 12.0 Å². The van der Waals surface area contributed by atoms with E-state index in [1.165, 1.54) is 18.2 Å². The van der Waals surface area contributed by atoms with Crippen LogP contribution in [0.1, 0.15) is 34.5 Å². The van der Waals surface area contributed by atoms with Crippen molar-refractivity contribution in [2.75, 3.05) is 13.3 Å². The second kappa shape index (κ2) is 7.88. The Morgan fingerprint density at radius 2 is 1.86 bits per heavy atom. The van der Waals surface area contributed by atoms with E-state index >= 15 is 0 Å². The van der Waals surface area contributed by atoms with E-state index in [9.17, 15) is 26.7 Å². The summed E-state index contributed by atoms with van der Waals surface area (Å²) in [6.07, 6.45) is -0.0522. The summed E-state index contributed by atoms with van der Waals surface area (Å²) in [5.41, 5.74) is 1.38. The highest BCUT2D eigenvalue weighted by molar-refractivity contribution is 5.95. The molecule has 0 spiro atoms. The van der Waals surface area contributed by atoms with Crippen molar-refractivity contribution in [2.24, 2.45) is 10.7 Å². The normalized spacial score (nSPS) is 24.2. The van der Waals surface area contributed by atoms with Crippen LogP contribution in [0.5, 0.6) is 0 Å². The lowest BCUT2D eigenvalue weighted by Gasteiger charge is -2.37. The predicted molar refractivity (Wildman–Crippen MR) is 97.0 cm³/mol. The van der Waals surface area contributed by atoms with Gasteiger partial charge < -0.3 is 5.73 Å². The van der Waals surface area contributed by atoms with Crippen LogP contribution < -0.4 is 5.73 Å². The minimum absolute atomic E-state index is 0.0163. The topological polar surface area (TPSA) is 68.3 Å². The van der Waals surface area contributed by atoms with E-state index in [1.54, 1.807) is 0 Å². The molecule has 0 saturated carbocycles. The molecule has 9 heteroatoms. The van der Waals surface area contributed by atoms with Crippen molar-refractivity contribution in [3.05, 3.63) is 65.0 Å². The fourth-order valence-electron chi connectivity index (χ4n) is 3.27. The number of alkyl halides is 3. The number of rotatable bonds is 6. The number of carbonyl (C=O) groups excluding carboxylic acids is 1. The molecular formula is C20H18F5N3O. The van der Waals surface area contributed by atoms with Crippen molar-refractivity contribution in [1.82, 2.24) is 4.98 Å². The smallest absolute Gasteiger partial charge is 0.195 e. The number of Topliss-reactive ketones (excluding diaryl/α,β-unsaturated/α-hetero) is 1. The summed E-state index contributed by atoms with van der Waals surface area (Å²) < 4.78 is 68.7. The van der Waals surface area contributed by atoms with E-state index < -0.39 is 54.2 Å². The van der Waals surface area contributed by atoms with Gasteiger partial charge in [0.1, 0.15) is 42.1 Å². The molecule has 29 heavy (non-hydrogen) atoms. The Hall–Kier alpha value is -2.84. The van der Waals surface area contributed by atoms with Crippen LogP contribution in [-0.2, 0) is 12.0 Å². The molecule has 3 rings (SSSR count). The highest BCUT2D eigenvalue weighted by atomic mass is 19.2. The standard InChI is InChI=1S/C20H18F5N3O/c21-10-19(25)5-6-20(11-22,28-18(19)26)14-7-12(1-3-15(14)24)8-17(29)16-4-2-13(23)9-27-16/h1-4,7,9H,5-6,8,10-11H2,(H2,26,28)/t19-,20-/m1/s1. The van der Waals surface area contributed by atoms with Crippen LogP contribution >= 0.6 is 0 Å². The first kappa shape index (κ1) is 20.9. The van der Waals surface area contributed by atoms with Gasteiger partial charge in [-0.15, -0.1) is 0 Å². The zero-order valence-corrected chi connectivity index (χ0v) is 15.3. The Morgan fingerprint density at radius 3 is 2.45 bits per heavy atom. The van der Waals surface area contributed by atoms with Crippen molar-refractivity contribution in [3.8, 4) is 0 Å². The summed E-state index contributed by atoms with van der Waals surface area (Å²) in [4.78, 5) is 19.8. The molecule has 0 fully saturated rings. The highest BCUT2D eigenvalue weighted by Gasteiger charge is 2.47. The molecule has 1 aliphatic rings. The van der Waals surface area contributed by atoms with Crippen molar-refractivity contribution in [3.63, 3.8) is 0 Å². The number of ketones is 1. The second-order valence-electron chi connectivity index (χ2n) is 7.04. The summed E-state index contributed by atoms with van der Waals surface area (Å²) in [7, 11) is 0. The van der Waals surface area contributed by atoms with Gasteiger partial charge in [-0.2, -0.15) is 0 Å². The number of aromatic nitrogens is 1. The fourth-order valence-corrected chi connectivity index (χ4v) is 3.27. The lowest BCUT2D eigenvalue weighted by molar-refractivity contribution is 0.0988. The Bertz CT molecular complexity index is 950. The summed E-state index contributed by atoms with van der Waals surface area (Å²) in [5.74, 6) is -2.58. The molecule has 0 aliphatic carbocycles. The number of carbonyl (C=O) groups is 1. The number of aliphatic imine (C=N–C) groups is 1. The third-order valence-corrected chi connectivity index (χ3v) is 5.07. The molecule has 0 bridgehead atoms. The molecule has 2 aromatic rings. The molecule has 154 valence electrons. The average Bonchev–Trinajstić information content (AvgIpc) is 2.72. The molecule has 2 atom stereocenters. The number of hydrogen-bond donors (Lipinski definition) is 1. The molecule has 0 saturated heterocycles. The van der Waals surface area contributed by atoms with E-state index in [0.29, 0.717) is 5.56 Å². The van der Waals surface area contributed by atoms with Crippen molar-refractivity contribution < 1.29 is 26.7 Å². The molecule has 1 aromatic heterocycles. The number of hydrogen-bond acceptors (Lipinski definition) is 4. The summed E-state index contributed by atoms with van der Waals surface area (Å²) in [6, 6.07) is 5.94. The van der Waals surface area contributed by atoms with Crippen molar-refractivity contribution in [2.45, 2.75) is 30.5 Å². The lowest BCUT2D eigenvalue weighted by atomic mass is 9.79. The number of amidine groups is 1. The number of nitrogens with two attached hydrogens (primary N) is 1. The fraction of sp³-hybridized carbons (Fsp3) is 0.350. The SMILES string of the molecule is NC1=N[C@](CF)(c2cc(CC(=O)c3ccc(F)cn3)ccc2F)CC[C@@]1(F)CF. The van der Waals surface area contributed by atoms with Gasteiger partial charge in [-0.25, -0.2) is 22.0 Å². The molecule has 4 nitrogen and oxygen atoms in total. The summed E-state index contributed by atoms with van der Waals surface area (Å²) in [6.45, 7) is -2.59. The first-order valence-electron chi connectivity index (χ1n) is 8.83. The molecule has 0 amide bonds. The highest BCUT2D eigenvalue weighted by Crippen LogP contribution is 2.41. The first-order valence-corrected chi connectivity index (χ1v) is 8.83. The second-order valence-corrected chi connectivity index (χ2v) is 7.04. The molecular weight excluding hydrogens is 393 g/mol. The third-order valence-electron chi connectivity index (χ3n) is 5.07. The van der Waals surface area contributed by atoms with E-state index in [1.807, 2.05) is 0 Å². The molecule has 0 radical (unpaired) electrons. The van der Waals surface area contributed by atoms with Crippen LogP contribution in [-0.4, -0.2) is 35.6 Å². The van der Waals surface area contributed by atoms with Crippen LogP contribution in [0.15, 0.2) is 41.5 Å². The summed E-state index contributed by atoms with van der Waals surface area (Å²) in [5, 5.41) is 0. The Balaban J connectivity index is 1.94. The quantitative estimate of drug-likeness (QED) is 0.581. The van der Waals surface area contributed by atoms with Gasteiger partial charge in [0.25, 0.3) is 0 Å². The van der Waals surface area contributed by atoms with Gasteiger partial charge >= 0.3 is 0 Å². The van der Waals surface area contributed by atoms with Gasteiger partial charge in [-0.1, -0.05) is 6.07 Å². The number of benzene rings is 1. The molecule has 0 unspecified atom stereocenters. The van der Waals surface area contributed by atoms with Gasteiger partial charge in [0.2, 0.25) is 0 Å². The Kier molecular flexibility index (Phi) is 5.68. The average molecular weight is 411 g/mol. The molecule has 2 heterocycles. The van der Waals surface area contributed by atoms with Crippen LogP contribution in [0.4, 0.5) is 22.0 Å². The van der Waals surface area contributed by atoms with Crippen molar-refractivity contribution in [1.29, 1.82) is 0 Å². The maximum absolute atomic E-state index is 14.5. The Morgan fingerprint density at radius 1 is 1.10 bits per heavy atom. The van der Waals surface area contributed by atoms with Crippen molar-refractivity contribution >= 4 is 11.6 Å². The van der Waals surface area contributed by atoms with Gasteiger partial charge in [-0.05, 0) is 42.7 Å². The first-order chi connectivity index (χ1) is 13.7. The van der Waals surface area contributed by atoms with Crippen LogP contribution in [0, 0.1) is 11.6 Å². The molecule has 1 aliphatic heterocycles. The van der Waals surface area contributed by atoms with E-state index in [0.717, 1.165) is 18.3 Å². The molecule has 1 aromatic carbocycles. The zero-order chi connectivity index (χ0) is 21.2. The van der Waals surface area contributed by atoms with Gasteiger partial charge in [0.05, 0.1) is 6.20 Å². The third kappa shape index (κ3) is 3.99. The van der Waals surface area contributed by atoms with Gasteiger partial charge in [-0.3, -0.25) is 14.8 Å². The summed E-state index contributed by atoms with van der Waals surface area (Å²) >= 11 is 0. The predicted octanol–water partition coefficient (Wildman–Crippen LogP) is 3.78. The number of nitrogens with zero attached hydrogens (tertiary/aromatic N) is 2. The van der Waals surface area contributed by atoms with E-state index in [2.05, 4.69) is 9.98 Å². The molecule has 2 N–H and O–H groups in total.